The molecule has 0 spiro atoms. The maximum absolute atomic E-state index is 11.4. The zero-order valence-electron chi connectivity index (χ0n) is 13.5. The molecule has 2 aliphatic carbocycles. The highest BCUT2D eigenvalue weighted by molar-refractivity contribution is 5.69. The summed E-state index contributed by atoms with van der Waals surface area (Å²) in [4.78, 5) is 11.4. The number of aryl methyl sites for hydroxylation is 1. The molecule has 3 rings (SSSR count). The van der Waals surface area contributed by atoms with Gasteiger partial charge in [-0.2, -0.15) is 0 Å². The summed E-state index contributed by atoms with van der Waals surface area (Å²) < 4.78 is 10.7. The molecule has 0 radical (unpaired) electrons. The average molecular weight is 302 g/mol. The summed E-state index contributed by atoms with van der Waals surface area (Å²) in [5.41, 5.74) is 2.96. The first-order valence-electron chi connectivity index (χ1n) is 8.69. The number of ether oxygens (including phenoxy) is 2. The van der Waals surface area contributed by atoms with E-state index < -0.39 is 0 Å². The summed E-state index contributed by atoms with van der Waals surface area (Å²) in [7, 11) is 0. The van der Waals surface area contributed by atoms with Gasteiger partial charge in [0, 0.05) is 6.42 Å². The van der Waals surface area contributed by atoms with Crippen LogP contribution in [0.15, 0.2) is 18.2 Å². The molecule has 0 aromatic heterocycles. The second-order valence-corrected chi connectivity index (χ2v) is 6.58. The van der Waals surface area contributed by atoms with Gasteiger partial charge in [-0.3, -0.25) is 4.79 Å². The van der Waals surface area contributed by atoms with Gasteiger partial charge in [0.05, 0.1) is 0 Å². The highest BCUT2D eigenvalue weighted by Gasteiger charge is 2.31. The number of fused-ring (bicyclic) bond motifs is 3. The molecule has 1 saturated carbocycles. The lowest BCUT2D eigenvalue weighted by Gasteiger charge is -2.37. The van der Waals surface area contributed by atoms with Crippen LogP contribution >= 0.6 is 0 Å². The maximum atomic E-state index is 11.4. The molecule has 3 nitrogen and oxygen atoms in total. The largest absolute Gasteiger partial charge is 0.457 e. The van der Waals surface area contributed by atoms with Crippen LogP contribution in [-0.4, -0.2) is 12.8 Å². The van der Waals surface area contributed by atoms with Crippen LogP contribution in [0.5, 0.6) is 5.75 Å². The molecule has 0 bridgehead atoms. The molecular weight excluding hydrogens is 276 g/mol. The molecule has 3 heteroatoms. The van der Waals surface area contributed by atoms with Gasteiger partial charge in [0.15, 0.2) is 0 Å². The van der Waals surface area contributed by atoms with Crippen molar-refractivity contribution >= 4 is 5.97 Å². The SMILES string of the molecule is CCCC(=O)OCOc1ccc2c(c1)C1CCCCC1CC2. The van der Waals surface area contributed by atoms with Crippen LogP contribution in [0.1, 0.15) is 68.9 Å². The van der Waals surface area contributed by atoms with Crippen LogP contribution in [0.4, 0.5) is 0 Å². The van der Waals surface area contributed by atoms with E-state index >= 15 is 0 Å². The predicted octanol–water partition coefficient (Wildman–Crippen LogP) is 4.59. The van der Waals surface area contributed by atoms with Crippen molar-refractivity contribution in [1.82, 2.24) is 0 Å². The first-order valence-corrected chi connectivity index (χ1v) is 8.69. The molecule has 0 N–H and O–H groups in total. The highest BCUT2D eigenvalue weighted by Crippen LogP contribution is 2.45. The van der Waals surface area contributed by atoms with Gasteiger partial charge >= 0.3 is 5.97 Å². The van der Waals surface area contributed by atoms with Gasteiger partial charge < -0.3 is 9.47 Å². The Balaban J connectivity index is 1.64. The third kappa shape index (κ3) is 3.45. The average Bonchev–Trinajstić information content (AvgIpc) is 2.55. The Morgan fingerprint density at radius 2 is 2.09 bits per heavy atom. The van der Waals surface area contributed by atoms with Crippen LogP contribution in [0.25, 0.3) is 0 Å². The predicted molar refractivity (Wildman–Crippen MR) is 86.0 cm³/mol. The van der Waals surface area contributed by atoms with E-state index in [2.05, 4.69) is 12.1 Å². The molecule has 2 atom stereocenters. The fraction of sp³-hybridized carbons (Fsp3) is 0.632. The van der Waals surface area contributed by atoms with Crippen molar-refractivity contribution < 1.29 is 14.3 Å². The lowest BCUT2D eigenvalue weighted by molar-refractivity contribution is -0.150. The number of carbonyl (C=O) groups is 1. The normalized spacial score (nSPS) is 23.3. The number of esters is 1. The monoisotopic (exact) mass is 302 g/mol. The second kappa shape index (κ2) is 7.17. The van der Waals surface area contributed by atoms with Crippen LogP contribution < -0.4 is 4.74 Å². The summed E-state index contributed by atoms with van der Waals surface area (Å²) in [5, 5.41) is 0. The first kappa shape index (κ1) is 15.4. The summed E-state index contributed by atoms with van der Waals surface area (Å²) in [5.74, 6) is 2.21. The van der Waals surface area contributed by atoms with E-state index in [4.69, 9.17) is 9.47 Å². The lowest BCUT2D eigenvalue weighted by atomic mass is 9.68. The summed E-state index contributed by atoms with van der Waals surface area (Å²) in [6.07, 6.45) is 9.23. The Hall–Kier alpha value is -1.51. The maximum Gasteiger partial charge on any atom is 0.308 e. The summed E-state index contributed by atoms with van der Waals surface area (Å²) in [6.45, 7) is 1.98. The van der Waals surface area contributed by atoms with Crippen LogP contribution in [0, 0.1) is 5.92 Å². The van der Waals surface area contributed by atoms with E-state index in [1.165, 1.54) is 49.7 Å². The third-order valence-corrected chi connectivity index (χ3v) is 5.11. The van der Waals surface area contributed by atoms with Crippen LogP contribution in [-0.2, 0) is 16.0 Å². The topological polar surface area (TPSA) is 35.5 Å². The third-order valence-electron chi connectivity index (χ3n) is 5.11. The van der Waals surface area contributed by atoms with Crippen LogP contribution in [0.2, 0.25) is 0 Å². The molecule has 0 amide bonds. The van der Waals surface area contributed by atoms with E-state index in [0.29, 0.717) is 12.3 Å². The van der Waals surface area contributed by atoms with Crippen molar-refractivity contribution in [2.45, 2.75) is 64.2 Å². The van der Waals surface area contributed by atoms with Gasteiger partial charge in [0.25, 0.3) is 0 Å². The minimum atomic E-state index is -0.187. The minimum Gasteiger partial charge on any atom is -0.457 e. The molecule has 0 saturated heterocycles. The first-order chi connectivity index (χ1) is 10.8. The quantitative estimate of drug-likeness (QED) is 0.589. The molecule has 1 aromatic rings. The number of rotatable bonds is 5. The summed E-state index contributed by atoms with van der Waals surface area (Å²) in [6, 6.07) is 6.39. The zero-order chi connectivity index (χ0) is 15.4. The van der Waals surface area contributed by atoms with Crippen LogP contribution in [0.3, 0.4) is 0 Å². The van der Waals surface area contributed by atoms with Crippen molar-refractivity contribution in [2.24, 2.45) is 5.92 Å². The fourth-order valence-corrected chi connectivity index (χ4v) is 3.98. The molecule has 1 fully saturated rings. The number of hydrogen-bond donors (Lipinski definition) is 0. The molecule has 22 heavy (non-hydrogen) atoms. The van der Waals surface area contributed by atoms with E-state index in [0.717, 1.165) is 18.1 Å². The summed E-state index contributed by atoms with van der Waals surface area (Å²) >= 11 is 0. The molecule has 2 aliphatic rings. The van der Waals surface area contributed by atoms with E-state index in [-0.39, 0.29) is 12.8 Å². The van der Waals surface area contributed by atoms with Crippen molar-refractivity contribution in [1.29, 1.82) is 0 Å². The van der Waals surface area contributed by atoms with Gasteiger partial charge in [-0.25, -0.2) is 0 Å². The number of carbonyl (C=O) groups excluding carboxylic acids is 1. The smallest absolute Gasteiger partial charge is 0.308 e. The van der Waals surface area contributed by atoms with Gasteiger partial charge in [-0.1, -0.05) is 25.8 Å². The van der Waals surface area contributed by atoms with Gasteiger partial charge in [0.2, 0.25) is 6.79 Å². The minimum absolute atomic E-state index is 0.0196. The van der Waals surface area contributed by atoms with Crippen molar-refractivity contribution in [2.75, 3.05) is 6.79 Å². The van der Waals surface area contributed by atoms with Crippen molar-refractivity contribution in [3.05, 3.63) is 29.3 Å². The molecular formula is C19H26O3. The number of hydrogen-bond acceptors (Lipinski definition) is 3. The Morgan fingerprint density at radius 3 is 2.95 bits per heavy atom. The Kier molecular flexibility index (Phi) is 5.01. The van der Waals surface area contributed by atoms with Crippen molar-refractivity contribution in [3.8, 4) is 5.75 Å². The van der Waals surface area contributed by atoms with Gasteiger partial charge in [0.1, 0.15) is 5.75 Å². The van der Waals surface area contributed by atoms with Gasteiger partial charge in [-0.15, -0.1) is 0 Å². The van der Waals surface area contributed by atoms with Gasteiger partial charge in [-0.05, 0) is 67.2 Å². The zero-order valence-corrected chi connectivity index (χ0v) is 13.5. The highest BCUT2D eigenvalue weighted by atomic mass is 16.7. The molecule has 2 unspecified atom stereocenters. The fourth-order valence-electron chi connectivity index (χ4n) is 3.98. The molecule has 1 aromatic carbocycles. The Bertz CT molecular complexity index is 523. The Labute approximate surface area is 133 Å². The van der Waals surface area contributed by atoms with E-state index in [9.17, 15) is 4.79 Å². The second-order valence-electron chi connectivity index (χ2n) is 6.58. The molecule has 0 heterocycles. The van der Waals surface area contributed by atoms with E-state index in [1.807, 2.05) is 13.0 Å². The standard InChI is InChI=1S/C19H26O3/c1-2-5-19(20)22-13-21-16-11-10-15-9-8-14-6-3-4-7-17(14)18(15)12-16/h10-12,14,17H,2-9,13H2,1H3. The lowest BCUT2D eigenvalue weighted by Crippen LogP contribution is -2.24. The Morgan fingerprint density at radius 1 is 1.23 bits per heavy atom. The number of benzene rings is 1. The molecule has 120 valence electrons. The van der Waals surface area contributed by atoms with E-state index in [1.54, 1.807) is 0 Å². The van der Waals surface area contributed by atoms with Crippen molar-refractivity contribution in [3.63, 3.8) is 0 Å². The molecule has 0 aliphatic heterocycles.